The van der Waals surface area contributed by atoms with E-state index >= 15 is 0 Å². The van der Waals surface area contributed by atoms with Crippen LogP contribution in [0.4, 0.5) is 0 Å². The summed E-state index contributed by atoms with van der Waals surface area (Å²) in [5.41, 5.74) is 0.899. The number of ether oxygens (including phenoxy) is 2. The molecule has 138 valence electrons. The first-order valence-corrected chi connectivity index (χ1v) is 8.86. The third-order valence-corrected chi connectivity index (χ3v) is 4.51. The zero-order valence-corrected chi connectivity index (χ0v) is 15.3. The number of rotatable bonds is 7. The van der Waals surface area contributed by atoms with Crippen LogP contribution in [0.2, 0.25) is 0 Å². The lowest BCUT2D eigenvalue weighted by Gasteiger charge is -2.33. The van der Waals surface area contributed by atoms with Gasteiger partial charge in [0.05, 0.1) is 13.5 Å². The third kappa shape index (κ3) is 5.46. The smallest absolute Gasteiger partial charge is 0.249 e. The van der Waals surface area contributed by atoms with Crippen LogP contribution in [-0.4, -0.2) is 55.7 Å². The number of nitrogens with one attached hydrogen (secondary N) is 1. The number of nitrogens with zero attached hydrogens (tertiary/aromatic N) is 1. The summed E-state index contributed by atoms with van der Waals surface area (Å²) in [6.07, 6.45) is 1.43. The van der Waals surface area contributed by atoms with Crippen molar-refractivity contribution in [1.82, 2.24) is 10.2 Å². The van der Waals surface area contributed by atoms with Gasteiger partial charge in [0.1, 0.15) is 11.9 Å². The number of carbonyl (C=O) groups is 2. The molecule has 1 fully saturated rings. The lowest BCUT2D eigenvalue weighted by molar-refractivity contribution is -0.133. The number of hydrogen-bond acceptors (Lipinski definition) is 4. The van der Waals surface area contributed by atoms with E-state index in [9.17, 15) is 9.59 Å². The Balaban J connectivity index is 1.81. The summed E-state index contributed by atoms with van der Waals surface area (Å²) in [5.74, 6) is 0.750. The van der Waals surface area contributed by atoms with E-state index in [1.54, 1.807) is 14.0 Å². The second kappa shape index (κ2) is 9.42. The van der Waals surface area contributed by atoms with Crippen LogP contribution in [-0.2, 0) is 20.7 Å². The summed E-state index contributed by atoms with van der Waals surface area (Å²) >= 11 is 0. The molecule has 0 bridgehead atoms. The molecular formula is C19H28N2O4. The Kier molecular flexibility index (Phi) is 7.25. The highest BCUT2D eigenvalue weighted by molar-refractivity contribution is 5.81. The zero-order valence-electron chi connectivity index (χ0n) is 15.3. The number of benzene rings is 1. The molecule has 0 spiro atoms. The van der Waals surface area contributed by atoms with Crippen molar-refractivity contribution in [2.45, 2.75) is 45.3 Å². The number of carbonyl (C=O) groups excluding carboxylic acids is 2. The Morgan fingerprint density at radius 2 is 1.96 bits per heavy atom. The summed E-state index contributed by atoms with van der Waals surface area (Å²) in [7, 11) is 1.61. The standard InChI is InChI=1S/C19H28N2O4/c1-4-25-14(2)19(23)20-16-9-11-21(12-10-16)18(22)13-15-7-5-6-8-17(15)24-3/h5-8,14,16H,4,9-13H2,1-3H3,(H,20,23). The van der Waals surface area contributed by atoms with Crippen LogP contribution in [0.15, 0.2) is 24.3 Å². The van der Waals surface area contributed by atoms with Crippen LogP contribution in [0.1, 0.15) is 32.3 Å². The van der Waals surface area contributed by atoms with Gasteiger partial charge in [-0.25, -0.2) is 0 Å². The molecule has 1 aromatic rings. The summed E-state index contributed by atoms with van der Waals surface area (Å²) in [5, 5.41) is 3.01. The van der Waals surface area contributed by atoms with Gasteiger partial charge in [0.25, 0.3) is 0 Å². The maximum absolute atomic E-state index is 12.5. The van der Waals surface area contributed by atoms with Gasteiger partial charge in [-0.1, -0.05) is 18.2 Å². The van der Waals surface area contributed by atoms with Gasteiger partial charge in [0.2, 0.25) is 11.8 Å². The molecule has 0 saturated carbocycles. The lowest BCUT2D eigenvalue weighted by Crippen LogP contribution is -2.49. The van der Waals surface area contributed by atoms with E-state index < -0.39 is 6.10 Å². The van der Waals surface area contributed by atoms with E-state index in [0.717, 1.165) is 24.2 Å². The van der Waals surface area contributed by atoms with Gasteiger partial charge in [-0.2, -0.15) is 0 Å². The van der Waals surface area contributed by atoms with Gasteiger partial charge < -0.3 is 19.7 Å². The molecule has 1 aromatic carbocycles. The van der Waals surface area contributed by atoms with Gasteiger partial charge >= 0.3 is 0 Å². The van der Waals surface area contributed by atoms with Crippen molar-refractivity contribution in [3.05, 3.63) is 29.8 Å². The third-order valence-electron chi connectivity index (χ3n) is 4.51. The molecule has 1 N–H and O–H groups in total. The Hall–Kier alpha value is -2.08. The van der Waals surface area contributed by atoms with Crippen molar-refractivity contribution in [3.8, 4) is 5.75 Å². The second-order valence-electron chi connectivity index (χ2n) is 6.25. The van der Waals surface area contributed by atoms with Gasteiger partial charge in [-0.3, -0.25) is 9.59 Å². The highest BCUT2D eigenvalue weighted by Gasteiger charge is 2.25. The van der Waals surface area contributed by atoms with Gasteiger partial charge in [-0.15, -0.1) is 0 Å². The number of hydrogen-bond donors (Lipinski definition) is 1. The van der Waals surface area contributed by atoms with Gasteiger partial charge in [-0.05, 0) is 32.8 Å². The zero-order chi connectivity index (χ0) is 18.2. The minimum atomic E-state index is -0.435. The predicted molar refractivity (Wildman–Crippen MR) is 95.5 cm³/mol. The van der Waals surface area contributed by atoms with Crippen LogP contribution in [0.5, 0.6) is 5.75 Å². The molecule has 0 radical (unpaired) electrons. The number of amides is 2. The minimum absolute atomic E-state index is 0.0827. The highest BCUT2D eigenvalue weighted by Crippen LogP contribution is 2.20. The molecule has 1 heterocycles. The van der Waals surface area contributed by atoms with Gasteiger partial charge in [0, 0.05) is 31.3 Å². The van der Waals surface area contributed by atoms with E-state index in [0.29, 0.717) is 26.1 Å². The normalized spacial score (nSPS) is 16.4. The first-order valence-electron chi connectivity index (χ1n) is 8.86. The molecule has 1 aliphatic rings. The molecule has 0 aliphatic carbocycles. The monoisotopic (exact) mass is 348 g/mol. The van der Waals surface area contributed by atoms with Crippen LogP contribution in [0.3, 0.4) is 0 Å². The Morgan fingerprint density at radius 1 is 1.28 bits per heavy atom. The fraction of sp³-hybridized carbons (Fsp3) is 0.579. The van der Waals surface area contributed by atoms with E-state index in [-0.39, 0.29) is 17.9 Å². The van der Waals surface area contributed by atoms with Crippen LogP contribution in [0.25, 0.3) is 0 Å². The minimum Gasteiger partial charge on any atom is -0.496 e. The first-order chi connectivity index (χ1) is 12.0. The molecule has 1 aliphatic heterocycles. The topological polar surface area (TPSA) is 67.9 Å². The highest BCUT2D eigenvalue weighted by atomic mass is 16.5. The van der Waals surface area contributed by atoms with Crippen LogP contribution < -0.4 is 10.1 Å². The van der Waals surface area contributed by atoms with Crippen molar-refractivity contribution in [1.29, 1.82) is 0 Å². The fourth-order valence-electron chi connectivity index (χ4n) is 3.04. The maximum atomic E-state index is 12.5. The second-order valence-corrected chi connectivity index (χ2v) is 6.25. The molecule has 6 nitrogen and oxygen atoms in total. The average Bonchev–Trinajstić information content (AvgIpc) is 2.63. The fourth-order valence-corrected chi connectivity index (χ4v) is 3.04. The number of para-hydroxylation sites is 1. The van der Waals surface area contributed by atoms with E-state index in [1.807, 2.05) is 36.1 Å². The summed E-state index contributed by atoms with van der Waals surface area (Å²) < 4.78 is 10.6. The van der Waals surface area contributed by atoms with E-state index in [2.05, 4.69) is 5.32 Å². The van der Waals surface area contributed by atoms with Crippen LogP contribution >= 0.6 is 0 Å². The SMILES string of the molecule is CCOC(C)C(=O)NC1CCN(C(=O)Cc2ccccc2OC)CC1. The molecule has 0 aromatic heterocycles. The van der Waals surface area contributed by atoms with Crippen LogP contribution in [0, 0.1) is 0 Å². The summed E-state index contributed by atoms with van der Waals surface area (Å²) in [6, 6.07) is 7.69. The molecular weight excluding hydrogens is 320 g/mol. The quantitative estimate of drug-likeness (QED) is 0.815. The predicted octanol–water partition coefficient (Wildman–Crippen LogP) is 1.77. The number of methoxy groups -OCH3 is 1. The lowest BCUT2D eigenvalue weighted by atomic mass is 10.0. The van der Waals surface area contributed by atoms with Gasteiger partial charge in [0.15, 0.2) is 0 Å². The first kappa shape index (κ1) is 19.2. The van der Waals surface area contributed by atoms with Crippen molar-refractivity contribution in [2.75, 3.05) is 26.8 Å². The van der Waals surface area contributed by atoms with Crippen molar-refractivity contribution in [2.24, 2.45) is 0 Å². The van der Waals surface area contributed by atoms with Crippen molar-refractivity contribution >= 4 is 11.8 Å². The van der Waals surface area contributed by atoms with E-state index in [4.69, 9.17) is 9.47 Å². The van der Waals surface area contributed by atoms with E-state index in [1.165, 1.54) is 0 Å². The maximum Gasteiger partial charge on any atom is 0.249 e. The average molecular weight is 348 g/mol. The molecule has 1 unspecified atom stereocenters. The Bertz CT molecular complexity index is 583. The number of likely N-dealkylation sites (tertiary alicyclic amines) is 1. The molecule has 2 rings (SSSR count). The molecule has 2 amide bonds. The molecule has 6 heteroatoms. The van der Waals surface area contributed by atoms with Crippen molar-refractivity contribution < 1.29 is 19.1 Å². The number of piperidine rings is 1. The molecule has 25 heavy (non-hydrogen) atoms. The molecule has 1 atom stereocenters. The Labute approximate surface area is 149 Å². The van der Waals surface area contributed by atoms with Crippen molar-refractivity contribution in [3.63, 3.8) is 0 Å². The Morgan fingerprint density at radius 3 is 2.60 bits per heavy atom. The largest absolute Gasteiger partial charge is 0.496 e. The summed E-state index contributed by atoms with van der Waals surface area (Å²) in [6.45, 7) is 5.45. The summed E-state index contributed by atoms with van der Waals surface area (Å²) in [4.78, 5) is 26.4. The molecule has 1 saturated heterocycles.